The van der Waals surface area contributed by atoms with Crippen LogP contribution in [-0.4, -0.2) is 29.1 Å². The van der Waals surface area contributed by atoms with Gasteiger partial charge in [0.05, 0.1) is 33.3 Å². The van der Waals surface area contributed by atoms with Gasteiger partial charge in [0.25, 0.3) is 0 Å². The number of hydrogen-bond donors (Lipinski definition) is 0. The van der Waals surface area contributed by atoms with Crippen molar-refractivity contribution < 1.29 is 8.83 Å². The maximum Gasteiger partial charge on any atom is 0.238 e. The van der Waals surface area contributed by atoms with E-state index >= 15 is 0 Å². The monoisotopic (exact) mass is 770 g/mol. The Morgan fingerprint density at radius 1 is 0.367 bits per heavy atom. The maximum atomic E-state index is 6.44. The molecule has 0 saturated heterocycles. The molecule has 5 aromatic heterocycles. The number of hydrogen-bond acceptors (Lipinski definition) is 6. The fraction of sp³-hybridized carbons (Fsp3) is 0. The van der Waals surface area contributed by atoms with Gasteiger partial charge in [0.1, 0.15) is 16.7 Å². The minimum absolute atomic E-state index is 0.506. The summed E-state index contributed by atoms with van der Waals surface area (Å²) in [7, 11) is 0. The van der Waals surface area contributed by atoms with E-state index < -0.39 is 0 Å². The van der Waals surface area contributed by atoms with Crippen LogP contribution in [0.15, 0.2) is 191 Å². The van der Waals surface area contributed by atoms with Crippen LogP contribution in [-0.2, 0) is 0 Å². The summed E-state index contributed by atoms with van der Waals surface area (Å²) in [4.78, 5) is 20.9. The van der Waals surface area contributed by atoms with E-state index in [0.29, 0.717) is 23.5 Å². The molecule has 0 aliphatic carbocycles. The highest BCUT2D eigenvalue weighted by molar-refractivity contribution is 6.24. The summed E-state index contributed by atoms with van der Waals surface area (Å²) in [6.45, 7) is 0. The van der Waals surface area contributed by atoms with Crippen molar-refractivity contribution in [1.82, 2.24) is 29.1 Å². The fourth-order valence-electron chi connectivity index (χ4n) is 9.06. The molecule has 13 aromatic rings. The summed E-state index contributed by atoms with van der Waals surface area (Å²) in [5.41, 5.74) is 10.7. The Morgan fingerprint density at radius 2 is 0.967 bits per heavy atom. The summed E-state index contributed by atoms with van der Waals surface area (Å²) < 4.78 is 17.4. The highest BCUT2D eigenvalue weighted by atomic mass is 16.3. The first-order chi connectivity index (χ1) is 29.8. The molecular formula is C52H30N6O2. The highest BCUT2D eigenvalue weighted by Gasteiger charge is 2.26. The van der Waals surface area contributed by atoms with E-state index in [1.165, 1.54) is 0 Å². The number of oxazole rings is 1. The van der Waals surface area contributed by atoms with Crippen LogP contribution in [0.4, 0.5) is 0 Å². The number of para-hydroxylation sites is 6. The second kappa shape index (κ2) is 12.6. The zero-order valence-electron chi connectivity index (χ0n) is 31.8. The van der Waals surface area contributed by atoms with Crippen molar-refractivity contribution in [3.8, 4) is 45.9 Å². The lowest BCUT2D eigenvalue weighted by Crippen LogP contribution is -2.07. The summed E-state index contributed by atoms with van der Waals surface area (Å²) in [5.74, 6) is 2.18. The molecule has 60 heavy (non-hydrogen) atoms. The molecule has 13 rings (SSSR count). The Kier molecular flexibility index (Phi) is 6.85. The topological polar surface area (TPSA) is 87.7 Å². The quantitative estimate of drug-likeness (QED) is 0.173. The Balaban J connectivity index is 1.17. The minimum atomic E-state index is 0.506. The van der Waals surface area contributed by atoms with E-state index in [2.05, 4.69) is 100 Å². The number of rotatable bonds is 5. The van der Waals surface area contributed by atoms with Gasteiger partial charge >= 0.3 is 0 Å². The molecule has 5 heterocycles. The normalized spacial score (nSPS) is 12.0. The molecule has 8 aromatic carbocycles. The molecule has 0 aliphatic heterocycles. The summed E-state index contributed by atoms with van der Waals surface area (Å²) in [6, 6.07) is 62.1. The van der Waals surface area contributed by atoms with Gasteiger partial charge in [0, 0.05) is 43.4 Å². The molecule has 0 unspecified atom stereocenters. The van der Waals surface area contributed by atoms with E-state index in [0.717, 1.165) is 99.0 Å². The second-order valence-corrected chi connectivity index (χ2v) is 15.0. The lowest BCUT2D eigenvalue weighted by molar-refractivity contribution is 0.619. The molecule has 0 amide bonds. The van der Waals surface area contributed by atoms with Gasteiger partial charge in [0.15, 0.2) is 17.2 Å². The van der Waals surface area contributed by atoms with Crippen LogP contribution in [0.25, 0.3) is 123 Å². The predicted octanol–water partition coefficient (Wildman–Crippen LogP) is 13.1. The minimum Gasteiger partial charge on any atom is -0.456 e. The Morgan fingerprint density at radius 3 is 1.77 bits per heavy atom. The van der Waals surface area contributed by atoms with Crippen LogP contribution in [0.3, 0.4) is 0 Å². The Bertz CT molecular complexity index is 3820. The fourth-order valence-corrected chi connectivity index (χ4v) is 9.06. The zero-order chi connectivity index (χ0) is 39.3. The molecule has 0 saturated carbocycles. The summed E-state index contributed by atoms with van der Waals surface area (Å²) in [5, 5.41) is 6.36. The van der Waals surface area contributed by atoms with Crippen molar-refractivity contribution in [3.05, 3.63) is 182 Å². The third kappa shape index (κ3) is 4.73. The van der Waals surface area contributed by atoms with Crippen LogP contribution >= 0.6 is 0 Å². The first kappa shape index (κ1) is 32.7. The van der Waals surface area contributed by atoms with Crippen LogP contribution in [0.1, 0.15) is 0 Å². The van der Waals surface area contributed by atoms with Gasteiger partial charge in [-0.15, -0.1) is 0 Å². The Labute approximate surface area is 341 Å². The molecule has 8 nitrogen and oxygen atoms in total. The van der Waals surface area contributed by atoms with Crippen molar-refractivity contribution in [1.29, 1.82) is 0 Å². The van der Waals surface area contributed by atoms with Gasteiger partial charge in [0.2, 0.25) is 11.8 Å². The third-order valence-electron chi connectivity index (χ3n) is 11.6. The van der Waals surface area contributed by atoms with Crippen molar-refractivity contribution in [2.75, 3.05) is 0 Å². The van der Waals surface area contributed by atoms with Crippen molar-refractivity contribution in [2.24, 2.45) is 0 Å². The largest absolute Gasteiger partial charge is 0.456 e. The van der Waals surface area contributed by atoms with Crippen molar-refractivity contribution in [3.63, 3.8) is 0 Å². The lowest BCUT2D eigenvalue weighted by Gasteiger charge is -2.15. The molecule has 0 fully saturated rings. The van der Waals surface area contributed by atoms with E-state index in [-0.39, 0.29) is 0 Å². The standard InChI is InChI=1S/C52H30N6O2/c1-2-15-31(16-3-1)49-54-50(38-21-14-28-45-46(38)37-20-7-12-26-43(37)59-45)56-52(55-49)58-41-24-10-5-18-33(41)35-30-29-34-32-17-4-9-23-40(32)57(47(34)48(35)58)42-25-11-6-19-36(42)51-53-39-22-8-13-27-44(39)60-51/h1-30H. The van der Waals surface area contributed by atoms with Gasteiger partial charge in [-0.25, -0.2) is 9.97 Å². The number of benzene rings is 8. The van der Waals surface area contributed by atoms with E-state index in [4.69, 9.17) is 28.8 Å². The average Bonchev–Trinajstić information content (AvgIpc) is 4.08. The molecule has 0 spiro atoms. The van der Waals surface area contributed by atoms with Gasteiger partial charge in [-0.05, 0) is 48.5 Å². The van der Waals surface area contributed by atoms with Crippen LogP contribution in [0, 0.1) is 0 Å². The smallest absolute Gasteiger partial charge is 0.238 e. The van der Waals surface area contributed by atoms with Crippen LogP contribution in [0.5, 0.6) is 0 Å². The molecule has 0 atom stereocenters. The maximum absolute atomic E-state index is 6.44. The zero-order valence-corrected chi connectivity index (χ0v) is 31.8. The lowest BCUT2D eigenvalue weighted by atomic mass is 10.1. The second-order valence-electron chi connectivity index (χ2n) is 15.0. The molecular weight excluding hydrogens is 741 g/mol. The van der Waals surface area contributed by atoms with Crippen molar-refractivity contribution >= 4 is 76.6 Å². The van der Waals surface area contributed by atoms with Gasteiger partial charge in [-0.3, -0.25) is 4.57 Å². The number of furan rings is 1. The van der Waals surface area contributed by atoms with E-state index in [1.54, 1.807) is 0 Å². The van der Waals surface area contributed by atoms with E-state index in [9.17, 15) is 0 Å². The summed E-state index contributed by atoms with van der Waals surface area (Å²) >= 11 is 0. The average molecular weight is 771 g/mol. The van der Waals surface area contributed by atoms with Gasteiger partial charge in [-0.1, -0.05) is 133 Å². The summed E-state index contributed by atoms with van der Waals surface area (Å²) in [6.07, 6.45) is 0. The predicted molar refractivity (Wildman–Crippen MR) is 240 cm³/mol. The highest BCUT2D eigenvalue weighted by Crippen LogP contribution is 2.44. The van der Waals surface area contributed by atoms with E-state index in [1.807, 2.05) is 91.0 Å². The van der Waals surface area contributed by atoms with Crippen molar-refractivity contribution in [2.45, 2.75) is 0 Å². The Hall–Kier alpha value is -8.36. The third-order valence-corrected chi connectivity index (χ3v) is 11.6. The van der Waals surface area contributed by atoms with Gasteiger partial charge in [-0.2, -0.15) is 9.97 Å². The molecule has 0 N–H and O–H groups in total. The van der Waals surface area contributed by atoms with Crippen LogP contribution in [0.2, 0.25) is 0 Å². The number of nitrogens with zero attached hydrogens (tertiary/aromatic N) is 6. The molecule has 0 bridgehead atoms. The molecule has 0 aliphatic rings. The molecule has 8 heteroatoms. The molecule has 0 radical (unpaired) electrons. The van der Waals surface area contributed by atoms with Gasteiger partial charge < -0.3 is 13.4 Å². The van der Waals surface area contributed by atoms with Crippen LogP contribution < -0.4 is 0 Å². The SMILES string of the molecule is c1ccc(-c2nc(-c3cccc4oc5ccccc5c34)nc(-n3c4ccccc4c4ccc5c6ccccc6n(-c6ccccc6-c6nc7ccccc7o6)c5c43)n2)cc1. The number of fused-ring (bicyclic) bond motifs is 11. The number of aromatic nitrogens is 6. The first-order valence-electron chi connectivity index (χ1n) is 19.9. The molecule has 280 valence electrons. The first-order valence-corrected chi connectivity index (χ1v) is 19.9.